The molecule has 0 unspecified atom stereocenters. The summed E-state index contributed by atoms with van der Waals surface area (Å²) in [5.74, 6) is -5.72. The lowest BCUT2D eigenvalue weighted by atomic mass is 9.86. The predicted octanol–water partition coefficient (Wildman–Crippen LogP) is 6.54. The summed E-state index contributed by atoms with van der Waals surface area (Å²) >= 11 is 3.45. The lowest BCUT2D eigenvalue weighted by Crippen LogP contribution is -2.46. The summed E-state index contributed by atoms with van der Waals surface area (Å²) in [6, 6.07) is 3.28. The molecule has 15 nitrogen and oxygen atoms in total. The topological polar surface area (TPSA) is 202 Å². The highest BCUT2D eigenvalue weighted by atomic mass is 79.9. The number of nitrogens with zero attached hydrogens (tertiary/aromatic N) is 1. The van der Waals surface area contributed by atoms with Crippen molar-refractivity contribution in [3.05, 3.63) is 74.1 Å². The number of fused-ring (bicyclic) bond motifs is 9. The number of benzene rings is 3. The Bertz CT molecular complexity index is 2580. The van der Waals surface area contributed by atoms with Gasteiger partial charge in [0.05, 0.1) is 42.6 Å². The average molecular weight is 878 g/mol. The molecule has 9 atom stereocenters. The van der Waals surface area contributed by atoms with Gasteiger partial charge in [0.25, 0.3) is 11.7 Å². The molecular weight excluding hydrogens is 832 g/mol. The molecule has 16 heteroatoms. The van der Waals surface area contributed by atoms with Gasteiger partial charge in [0.1, 0.15) is 40.4 Å². The first-order valence-electron chi connectivity index (χ1n) is 19.0. The quantitative estimate of drug-likeness (QED) is 0.0867. The number of phenols is 1. The predicted molar refractivity (Wildman–Crippen MR) is 220 cm³/mol. The van der Waals surface area contributed by atoms with Crippen molar-refractivity contribution >= 4 is 72.2 Å². The van der Waals surface area contributed by atoms with Crippen molar-refractivity contribution in [2.24, 2.45) is 17.8 Å². The second kappa shape index (κ2) is 15.7. The minimum absolute atomic E-state index is 0.0108. The van der Waals surface area contributed by atoms with Crippen molar-refractivity contribution in [1.82, 2.24) is 4.98 Å². The molecule has 8 rings (SSSR count). The molecule has 7 bridgehead atoms. The first-order valence-corrected chi connectivity index (χ1v) is 19.8. The molecule has 59 heavy (non-hydrogen) atoms. The Balaban J connectivity index is 1.47. The number of aliphatic hydroxyl groups is 1. The number of hydrogen-bond donors (Lipinski definition) is 3. The summed E-state index contributed by atoms with van der Waals surface area (Å²) in [6.07, 6.45) is 3.58. The third kappa shape index (κ3) is 7.04. The summed E-state index contributed by atoms with van der Waals surface area (Å²) in [6.45, 7) is 11.2. The molecule has 0 radical (unpaired) electrons. The van der Waals surface area contributed by atoms with E-state index in [1.807, 2.05) is 19.9 Å². The van der Waals surface area contributed by atoms with Gasteiger partial charge in [-0.2, -0.15) is 0 Å². The number of aromatic hydroxyl groups is 1. The number of Topliss-reactive ketones (excluding diaryl/α,β-unsaturated/α-hetero) is 1. The minimum atomic E-state index is -2.04. The summed E-state index contributed by atoms with van der Waals surface area (Å²) in [4.78, 5) is 60.1. The molecular formula is C43H45BrN2O13. The van der Waals surface area contributed by atoms with Crippen LogP contribution in [0.2, 0.25) is 0 Å². The third-order valence-corrected chi connectivity index (χ3v) is 11.9. The Hall–Kier alpha value is -5.29. The van der Waals surface area contributed by atoms with Gasteiger partial charge in [-0.15, -0.1) is 0 Å². The molecule has 312 valence electrons. The normalized spacial score (nSPS) is 30.6. The number of aromatic nitrogens is 1. The fourth-order valence-corrected chi connectivity index (χ4v) is 8.59. The van der Waals surface area contributed by atoms with Crippen LogP contribution in [0.25, 0.3) is 33.0 Å². The second-order valence-electron chi connectivity index (χ2n) is 15.4. The number of halogens is 1. The first-order chi connectivity index (χ1) is 27.9. The molecule has 0 aliphatic carbocycles. The molecule has 4 aromatic rings. The lowest BCUT2D eigenvalue weighted by Gasteiger charge is -2.33. The molecule has 3 N–H and O–H groups in total. The van der Waals surface area contributed by atoms with Gasteiger partial charge in [0, 0.05) is 59.7 Å². The van der Waals surface area contributed by atoms with Crippen LogP contribution in [0.15, 0.2) is 62.0 Å². The van der Waals surface area contributed by atoms with E-state index >= 15 is 0 Å². The standard InChI is InChI=1S/C43H45BrN2O13/c1-17-11-10-12-18(2)42(52)46-32-35(50)28-27(31-39(32)57-26-16-23(44)15-25(54-9)30(26)45-31)29-37(20(4)33(28)48)59-43(7,41(29)51)55-14-13-24(53-8)19(3)38(56-22(6)47)40-34(49)21(5)36(17)58-40/h10-17,19,21,24,34,36,38,40,49-50H,1-9H3,(H,46,52)/b11-10+,14-13+,18-12-/t17-,19+,21-,24-,34+,36-,38+,40+,43-/m0/s1. The van der Waals surface area contributed by atoms with E-state index in [4.69, 9.17) is 37.8 Å². The fraction of sp³-hybridized carbons (Fsp3) is 0.419. The number of aliphatic hydroxyl groups excluding tert-OH is 1. The largest absolute Gasteiger partial charge is 0.505 e. The number of anilines is 1. The van der Waals surface area contributed by atoms with Crippen LogP contribution in [0, 0.1) is 24.7 Å². The van der Waals surface area contributed by atoms with E-state index < -0.39 is 71.1 Å². The van der Waals surface area contributed by atoms with Crippen LogP contribution in [0.3, 0.4) is 0 Å². The van der Waals surface area contributed by atoms with Gasteiger partial charge in [-0.1, -0.05) is 54.9 Å². The van der Waals surface area contributed by atoms with Crippen LogP contribution >= 0.6 is 15.9 Å². The molecule has 0 spiro atoms. The Labute approximate surface area is 347 Å². The van der Waals surface area contributed by atoms with E-state index in [1.54, 1.807) is 38.1 Å². The number of ketones is 1. The van der Waals surface area contributed by atoms with Gasteiger partial charge in [0.15, 0.2) is 22.3 Å². The number of amides is 1. The van der Waals surface area contributed by atoms with Crippen molar-refractivity contribution in [2.75, 3.05) is 19.5 Å². The summed E-state index contributed by atoms with van der Waals surface area (Å²) in [5, 5.41) is 25.8. The number of esters is 1. The number of rotatable bonds is 3. The van der Waals surface area contributed by atoms with E-state index in [0.717, 1.165) is 0 Å². The minimum Gasteiger partial charge on any atom is -0.505 e. The van der Waals surface area contributed by atoms with E-state index in [2.05, 4.69) is 21.2 Å². The number of carbonyl (C=O) groups excluding carboxylic acids is 3. The Morgan fingerprint density at radius 2 is 1.75 bits per heavy atom. The molecule has 3 aromatic carbocycles. The van der Waals surface area contributed by atoms with Crippen molar-refractivity contribution < 1.29 is 57.4 Å². The van der Waals surface area contributed by atoms with Gasteiger partial charge in [-0.25, -0.2) is 4.98 Å². The van der Waals surface area contributed by atoms with Crippen molar-refractivity contribution in [1.29, 1.82) is 0 Å². The van der Waals surface area contributed by atoms with Crippen LogP contribution in [0.4, 0.5) is 5.69 Å². The summed E-state index contributed by atoms with van der Waals surface area (Å²) in [7, 11) is 2.89. The molecule has 5 heterocycles. The molecule has 1 fully saturated rings. The first kappa shape index (κ1) is 41.9. The van der Waals surface area contributed by atoms with Crippen LogP contribution in [0.5, 0.6) is 17.2 Å². The van der Waals surface area contributed by atoms with Gasteiger partial charge in [0.2, 0.25) is 0 Å². The molecule has 1 aromatic heterocycles. The van der Waals surface area contributed by atoms with Gasteiger partial charge < -0.3 is 48.4 Å². The van der Waals surface area contributed by atoms with E-state index in [0.29, 0.717) is 10.2 Å². The molecule has 4 aliphatic rings. The van der Waals surface area contributed by atoms with Crippen molar-refractivity contribution in [2.45, 2.75) is 84.8 Å². The molecule has 1 saturated heterocycles. The van der Waals surface area contributed by atoms with E-state index in [1.165, 1.54) is 47.3 Å². The summed E-state index contributed by atoms with van der Waals surface area (Å²) < 4.78 is 42.8. The third-order valence-electron chi connectivity index (χ3n) is 11.5. The number of methoxy groups -OCH3 is 2. The smallest absolute Gasteiger partial charge is 0.312 e. The number of nitrogens with one attached hydrogen (secondary N) is 1. The number of carbonyl (C=O) groups is 3. The number of hydrogen-bond acceptors (Lipinski definition) is 14. The molecule has 0 saturated carbocycles. The summed E-state index contributed by atoms with van der Waals surface area (Å²) in [5.41, 5.74) is -0.626. The van der Waals surface area contributed by atoms with Crippen molar-refractivity contribution in [3.63, 3.8) is 0 Å². The van der Waals surface area contributed by atoms with Gasteiger partial charge in [-0.3, -0.25) is 19.2 Å². The zero-order chi connectivity index (χ0) is 42.8. The van der Waals surface area contributed by atoms with Crippen LogP contribution in [-0.4, -0.2) is 83.4 Å². The highest BCUT2D eigenvalue weighted by Crippen LogP contribution is 2.49. The Kier molecular flexibility index (Phi) is 11.1. The van der Waals surface area contributed by atoms with Crippen molar-refractivity contribution in [3.8, 4) is 17.2 Å². The highest BCUT2D eigenvalue weighted by Gasteiger charge is 2.51. The Morgan fingerprint density at radius 1 is 1.02 bits per heavy atom. The molecule has 4 aliphatic heterocycles. The second-order valence-corrected chi connectivity index (χ2v) is 16.3. The van der Waals surface area contributed by atoms with E-state index in [9.17, 15) is 29.4 Å². The highest BCUT2D eigenvalue weighted by molar-refractivity contribution is 9.10. The maximum absolute atomic E-state index is 14.6. The SMILES string of the molecule is COc1cc(Br)cc2oc3c4c(O)c5c(=O)c(C)c6c(c5c3nc12)C(=O)[C@@](C)(O/C=C/[C@H](OC)[C@@H](C)[C@@H](OC(C)=O)[C@@H]1O[C@H]([C@@H](C)[C@H]1O)[C@@H](C)/C=C/C=C(/C)C(=O)N4)O6. The van der Waals surface area contributed by atoms with E-state index in [-0.39, 0.29) is 72.9 Å². The lowest BCUT2D eigenvalue weighted by molar-refractivity contribution is -0.168. The maximum Gasteiger partial charge on any atom is 0.312 e. The fourth-order valence-electron chi connectivity index (χ4n) is 8.18. The van der Waals surface area contributed by atoms with Crippen LogP contribution in [-0.2, 0) is 28.5 Å². The molecule has 1 amide bonds. The zero-order valence-electron chi connectivity index (χ0n) is 33.9. The number of phenolic OH excluding ortho intramolecular Hbond substituents is 1. The maximum atomic E-state index is 14.6. The number of ether oxygens (including phenoxy) is 6. The van der Waals surface area contributed by atoms with Gasteiger partial charge in [-0.05, 0) is 32.1 Å². The van der Waals surface area contributed by atoms with Crippen LogP contribution in [0.1, 0.15) is 57.5 Å². The number of allylic oxidation sites excluding steroid dienone is 2. The Morgan fingerprint density at radius 3 is 2.42 bits per heavy atom. The monoisotopic (exact) mass is 876 g/mol. The van der Waals surface area contributed by atoms with Gasteiger partial charge >= 0.3 is 11.8 Å². The average Bonchev–Trinajstić information content (AvgIpc) is 3.64. The zero-order valence-corrected chi connectivity index (χ0v) is 35.5. The van der Waals surface area contributed by atoms with Crippen LogP contribution < -0.4 is 20.2 Å².